The summed E-state index contributed by atoms with van der Waals surface area (Å²) in [5.74, 6) is 0. The Hall–Kier alpha value is -0.440. The van der Waals surface area contributed by atoms with Crippen molar-refractivity contribution < 1.29 is 0 Å². The van der Waals surface area contributed by atoms with Crippen molar-refractivity contribution in [3.8, 4) is 0 Å². The van der Waals surface area contributed by atoms with E-state index in [1.807, 2.05) is 0 Å². The molecule has 0 heterocycles. The van der Waals surface area contributed by atoms with Crippen LogP contribution in [0, 0.1) is 4.91 Å². The largest absolute Gasteiger partial charge is 0.328 e. The quantitative estimate of drug-likeness (QED) is 0.536. The van der Waals surface area contributed by atoms with Gasteiger partial charge < -0.3 is 5.73 Å². The number of nitroso groups, excluding NO2 is 1. The van der Waals surface area contributed by atoms with Crippen LogP contribution in [-0.4, -0.2) is 12.1 Å². The van der Waals surface area contributed by atoms with Gasteiger partial charge in [0.1, 0.15) is 0 Å². The summed E-state index contributed by atoms with van der Waals surface area (Å²) in [7, 11) is 0. The van der Waals surface area contributed by atoms with Gasteiger partial charge in [0.15, 0.2) is 0 Å². The van der Waals surface area contributed by atoms with Gasteiger partial charge in [-0.05, 0) is 25.7 Å². The van der Waals surface area contributed by atoms with Gasteiger partial charge in [-0.25, -0.2) is 0 Å². The van der Waals surface area contributed by atoms with E-state index in [0.29, 0.717) is 6.04 Å². The van der Waals surface area contributed by atoms with Crippen LogP contribution in [-0.2, 0) is 0 Å². The normalized spacial score (nSPS) is 36.1. The Labute approximate surface area is 54.6 Å². The minimum atomic E-state index is 0.0600. The predicted octanol–water partition coefficient (Wildman–Crippen LogP) is 1.02. The zero-order valence-corrected chi connectivity index (χ0v) is 5.42. The lowest BCUT2D eigenvalue weighted by molar-refractivity contribution is 0.394. The Morgan fingerprint density at radius 3 is 2.22 bits per heavy atom. The van der Waals surface area contributed by atoms with Crippen molar-refractivity contribution >= 4 is 0 Å². The second-order valence-electron chi connectivity index (χ2n) is 2.67. The highest BCUT2D eigenvalue weighted by Crippen LogP contribution is 2.18. The van der Waals surface area contributed by atoms with Crippen molar-refractivity contribution in [2.75, 3.05) is 0 Å². The van der Waals surface area contributed by atoms with Crippen molar-refractivity contribution in [3.63, 3.8) is 0 Å². The molecule has 0 bridgehead atoms. The molecule has 1 rings (SSSR count). The van der Waals surface area contributed by atoms with Crippen molar-refractivity contribution in [1.82, 2.24) is 0 Å². The lowest BCUT2D eigenvalue weighted by Crippen LogP contribution is -2.27. The second kappa shape index (κ2) is 2.92. The molecule has 0 aromatic carbocycles. The third-order valence-electron chi connectivity index (χ3n) is 1.89. The summed E-state index contributed by atoms with van der Waals surface area (Å²) in [6.45, 7) is 0. The molecule has 0 saturated heterocycles. The molecular weight excluding hydrogens is 116 g/mol. The van der Waals surface area contributed by atoms with E-state index < -0.39 is 0 Å². The lowest BCUT2D eigenvalue weighted by atomic mass is 9.92. The molecule has 0 spiro atoms. The van der Waals surface area contributed by atoms with E-state index in [4.69, 9.17) is 5.73 Å². The maximum Gasteiger partial charge on any atom is 0.0920 e. The molecule has 1 aliphatic carbocycles. The molecule has 0 aliphatic heterocycles. The standard InChI is InChI=1S/C6H12N2O/c7-5-1-3-6(8-9)4-2-5/h5-6H,1-4,7H2. The Morgan fingerprint density at radius 2 is 1.78 bits per heavy atom. The monoisotopic (exact) mass is 128 g/mol. The first-order chi connectivity index (χ1) is 4.33. The third-order valence-corrected chi connectivity index (χ3v) is 1.89. The Bertz CT molecular complexity index is 97.2. The van der Waals surface area contributed by atoms with Gasteiger partial charge in [-0.15, -0.1) is 0 Å². The highest BCUT2D eigenvalue weighted by Gasteiger charge is 2.17. The van der Waals surface area contributed by atoms with E-state index in [0.717, 1.165) is 25.7 Å². The molecule has 0 aromatic heterocycles. The number of nitrogens with two attached hydrogens (primary N) is 1. The fourth-order valence-corrected chi connectivity index (χ4v) is 1.21. The summed E-state index contributed by atoms with van der Waals surface area (Å²) in [6.07, 6.45) is 3.72. The number of hydrogen-bond acceptors (Lipinski definition) is 3. The van der Waals surface area contributed by atoms with Gasteiger partial charge in [-0.3, -0.25) is 0 Å². The predicted molar refractivity (Wildman–Crippen MR) is 36.0 cm³/mol. The fourth-order valence-electron chi connectivity index (χ4n) is 1.21. The Balaban J connectivity index is 2.26. The van der Waals surface area contributed by atoms with Gasteiger partial charge in [-0.1, -0.05) is 5.18 Å². The fraction of sp³-hybridized carbons (Fsp3) is 1.00. The topological polar surface area (TPSA) is 55.4 Å². The number of nitrogens with zero attached hydrogens (tertiary/aromatic N) is 1. The third kappa shape index (κ3) is 1.75. The van der Waals surface area contributed by atoms with Crippen LogP contribution >= 0.6 is 0 Å². The lowest BCUT2D eigenvalue weighted by Gasteiger charge is -2.20. The summed E-state index contributed by atoms with van der Waals surface area (Å²) in [6, 6.07) is 0.382. The minimum Gasteiger partial charge on any atom is -0.328 e. The van der Waals surface area contributed by atoms with E-state index in [9.17, 15) is 4.91 Å². The first-order valence-electron chi connectivity index (χ1n) is 3.41. The maximum atomic E-state index is 9.98. The average molecular weight is 128 g/mol. The smallest absolute Gasteiger partial charge is 0.0920 e. The molecule has 0 radical (unpaired) electrons. The summed E-state index contributed by atoms with van der Waals surface area (Å²) in [5, 5.41) is 2.98. The molecule has 0 unspecified atom stereocenters. The van der Waals surface area contributed by atoms with Crippen LogP contribution in [0.3, 0.4) is 0 Å². The SMILES string of the molecule is NC1CCC(N=O)CC1. The van der Waals surface area contributed by atoms with Gasteiger partial charge >= 0.3 is 0 Å². The van der Waals surface area contributed by atoms with Crippen LogP contribution in [0.4, 0.5) is 0 Å². The van der Waals surface area contributed by atoms with Crippen LogP contribution in [0.15, 0.2) is 5.18 Å². The highest BCUT2D eigenvalue weighted by atomic mass is 16.3. The molecule has 9 heavy (non-hydrogen) atoms. The van der Waals surface area contributed by atoms with Gasteiger partial charge in [0.05, 0.1) is 6.04 Å². The zero-order valence-electron chi connectivity index (χ0n) is 5.42. The second-order valence-corrected chi connectivity index (χ2v) is 2.67. The zero-order chi connectivity index (χ0) is 6.69. The number of hydrogen-bond donors (Lipinski definition) is 1. The molecule has 1 fully saturated rings. The number of rotatable bonds is 1. The average Bonchev–Trinajstić information content (AvgIpc) is 1.90. The van der Waals surface area contributed by atoms with Crippen molar-refractivity contribution in [2.24, 2.45) is 10.9 Å². The van der Waals surface area contributed by atoms with E-state index in [2.05, 4.69) is 5.18 Å². The first kappa shape index (κ1) is 6.68. The molecule has 0 atom stereocenters. The molecule has 52 valence electrons. The molecule has 0 aromatic rings. The van der Waals surface area contributed by atoms with E-state index in [1.54, 1.807) is 0 Å². The van der Waals surface area contributed by atoms with Gasteiger partial charge in [0.2, 0.25) is 0 Å². The van der Waals surface area contributed by atoms with Crippen LogP contribution in [0.5, 0.6) is 0 Å². The van der Waals surface area contributed by atoms with E-state index in [1.165, 1.54) is 0 Å². The first-order valence-corrected chi connectivity index (χ1v) is 3.41. The van der Waals surface area contributed by atoms with Gasteiger partial charge in [0.25, 0.3) is 0 Å². The summed E-state index contributed by atoms with van der Waals surface area (Å²) >= 11 is 0. The van der Waals surface area contributed by atoms with Crippen molar-refractivity contribution in [1.29, 1.82) is 0 Å². The van der Waals surface area contributed by atoms with Crippen LogP contribution in [0.2, 0.25) is 0 Å². The molecule has 1 saturated carbocycles. The molecule has 0 amide bonds. The molecule has 3 heteroatoms. The van der Waals surface area contributed by atoms with Gasteiger partial charge in [-0.2, -0.15) is 4.91 Å². The summed E-state index contributed by atoms with van der Waals surface area (Å²) in [4.78, 5) is 9.98. The van der Waals surface area contributed by atoms with E-state index >= 15 is 0 Å². The van der Waals surface area contributed by atoms with Crippen molar-refractivity contribution in [3.05, 3.63) is 4.91 Å². The highest BCUT2D eigenvalue weighted by molar-refractivity contribution is 4.77. The van der Waals surface area contributed by atoms with Crippen LogP contribution in [0.1, 0.15) is 25.7 Å². The molecule has 3 nitrogen and oxygen atoms in total. The molecular formula is C6H12N2O. The van der Waals surface area contributed by atoms with Gasteiger partial charge in [0, 0.05) is 6.04 Å². The van der Waals surface area contributed by atoms with E-state index in [-0.39, 0.29) is 6.04 Å². The Kier molecular flexibility index (Phi) is 2.16. The van der Waals surface area contributed by atoms with Crippen LogP contribution in [0.25, 0.3) is 0 Å². The minimum absolute atomic E-state index is 0.0600. The molecule has 2 N–H and O–H groups in total. The Morgan fingerprint density at radius 1 is 1.22 bits per heavy atom. The maximum absolute atomic E-state index is 9.98. The summed E-state index contributed by atoms with van der Waals surface area (Å²) < 4.78 is 0. The molecule has 1 aliphatic rings. The van der Waals surface area contributed by atoms with Crippen molar-refractivity contribution in [2.45, 2.75) is 37.8 Å². The summed E-state index contributed by atoms with van der Waals surface area (Å²) in [5.41, 5.74) is 5.61. The van der Waals surface area contributed by atoms with Crippen LogP contribution < -0.4 is 5.73 Å².